The van der Waals surface area contributed by atoms with E-state index in [1.807, 2.05) is 24.3 Å². The third-order valence-corrected chi connectivity index (χ3v) is 9.09. The van der Waals surface area contributed by atoms with Crippen molar-refractivity contribution in [2.24, 2.45) is 16.9 Å². The summed E-state index contributed by atoms with van der Waals surface area (Å²) in [7, 11) is 3.30. The standard InChI is InChI=1S/C38H49N3O4/c1-28(39-27-30-13-7-6-8-14-30)25-29-17-20-32(21-18-29)45-24-12-5-4-11-23-41-38(42)34-16-10-9-15-33(34)37(40-41)31-19-22-35(43-2)36(26-31)44-3/h6-8,13-14,17-22,26,28,33-34,39H,4-5,9-12,15-16,23-25,27H2,1-3H3. The number of nitrogens with one attached hydrogen (secondary N) is 1. The highest BCUT2D eigenvalue weighted by atomic mass is 16.5. The number of carbonyl (C=O) groups excluding carboxylic acids is 1. The van der Waals surface area contributed by atoms with Gasteiger partial charge in [0, 0.05) is 36.5 Å². The highest BCUT2D eigenvalue weighted by Gasteiger charge is 2.41. The summed E-state index contributed by atoms with van der Waals surface area (Å²) in [5.74, 6) is 2.69. The summed E-state index contributed by atoms with van der Waals surface area (Å²) in [5, 5.41) is 10.3. The number of fused-ring (bicyclic) bond motifs is 1. The first kappa shape index (κ1) is 32.6. The largest absolute Gasteiger partial charge is 0.494 e. The van der Waals surface area contributed by atoms with Gasteiger partial charge in [-0.25, -0.2) is 5.01 Å². The van der Waals surface area contributed by atoms with Crippen LogP contribution in [0.4, 0.5) is 0 Å². The molecule has 1 N–H and O–H groups in total. The van der Waals surface area contributed by atoms with Crippen LogP contribution in [0, 0.1) is 11.8 Å². The number of hydrazone groups is 1. The van der Waals surface area contributed by atoms with Crippen LogP contribution in [0.25, 0.3) is 0 Å². The number of hydrogen-bond donors (Lipinski definition) is 1. The van der Waals surface area contributed by atoms with Crippen LogP contribution in [0.5, 0.6) is 17.2 Å². The Hall–Kier alpha value is -3.84. The number of nitrogens with zero attached hydrogens (tertiary/aromatic N) is 2. The summed E-state index contributed by atoms with van der Waals surface area (Å²) in [4.78, 5) is 13.4. The maximum Gasteiger partial charge on any atom is 0.246 e. The van der Waals surface area contributed by atoms with Crippen LogP contribution in [0.15, 0.2) is 77.9 Å². The van der Waals surface area contributed by atoms with Crippen LogP contribution in [0.1, 0.15) is 75.0 Å². The van der Waals surface area contributed by atoms with E-state index < -0.39 is 0 Å². The second kappa shape index (κ2) is 16.5. The highest BCUT2D eigenvalue weighted by Crippen LogP contribution is 2.39. The monoisotopic (exact) mass is 611 g/mol. The fraction of sp³-hybridized carbons (Fsp3) is 0.474. The molecule has 240 valence electrons. The minimum Gasteiger partial charge on any atom is -0.494 e. The molecule has 1 saturated carbocycles. The molecule has 5 rings (SSSR count). The fourth-order valence-corrected chi connectivity index (χ4v) is 6.57. The first-order valence-electron chi connectivity index (χ1n) is 16.7. The Kier molecular flexibility index (Phi) is 11.9. The van der Waals surface area contributed by atoms with Gasteiger partial charge >= 0.3 is 0 Å². The van der Waals surface area contributed by atoms with Gasteiger partial charge in [0.1, 0.15) is 5.75 Å². The normalized spacial score (nSPS) is 18.6. The molecular formula is C38H49N3O4. The van der Waals surface area contributed by atoms with Crippen molar-refractivity contribution in [1.82, 2.24) is 10.3 Å². The molecule has 3 atom stereocenters. The van der Waals surface area contributed by atoms with Gasteiger partial charge in [-0.2, -0.15) is 5.10 Å². The Labute approximate surface area is 269 Å². The van der Waals surface area contributed by atoms with Crippen molar-refractivity contribution < 1.29 is 19.0 Å². The quantitative estimate of drug-likeness (QED) is 0.171. The molecule has 7 nitrogen and oxygen atoms in total. The average molecular weight is 612 g/mol. The number of carbonyl (C=O) groups is 1. The van der Waals surface area contributed by atoms with Crippen LogP contribution in [-0.2, 0) is 17.8 Å². The van der Waals surface area contributed by atoms with Gasteiger partial charge < -0.3 is 19.5 Å². The number of ether oxygens (including phenoxy) is 3. The third-order valence-electron chi connectivity index (χ3n) is 9.09. The zero-order valence-electron chi connectivity index (χ0n) is 27.2. The topological polar surface area (TPSA) is 72.4 Å². The van der Waals surface area contributed by atoms with Gasteiger partial charge in [0.15, 0.2) is 11.5 Å². The first-order valence-corrected chi connectivity index (χ1v) is 16.7. The van der Waals surface area contributed by atoms with Crippen LogP contribution in [0.2, 0.25) is 0 Å². The molecule has 0 bridgehead atoms. The molecule has 1 aliphatic carbocycles. The number of amides is 1. The van der Waals surface area contributed by atoms with E-state index in [0.29, 0.717) is 30.7 Å². The van der Waals surface area contributed by atoms with E-state index >= 15 is 0 Å². The molecule has 1 fully saturated rings. The maximum atomic E-state index is 13.4. The summed E-state index contributed by atoms with van der Waals surface area (Å²) in [6.07, 6.45) is 9.18. The smallest absolute Gasteiger partial charge is 0.246 e. The fourth-order valence-electron chi connectivity index (χ4n) is 6.57. The van der Waals surface area contributed by atoms with E-state index in [2.05, 4.69) is 60.8 Å². The van der Waals surface area contributed by atoms with Gasteiger partial charge in [0.05, 0.1) is 26.5 Å². The van der Waals surface area contributed by atoms with Gasteiger partial charge in [0.25, 0.3) is 0 Å². The van der Waals surface area contributed by atoms with Crippen molar-refractivity contribution >= 4 is 11.6 Å². The average Bonchev–Trinajstić information content (AvgIpc) is 3.08. The van der Waals surface area contributed by atoms with Gasteiger partial charge in [-0.1, -0.05) is 61.7 Å². The first-order chi connectivity index (χ1) is 22.1. The van der Waals surface area contributed by atoms with Crippen LogP contribution < -0.4 is 19.5 Å². The zero-order chi connectivity index (χ0) is 31.4. The summed E-state index contributed by atoms with van der Waals surface area (Å²) in [6.45, 7) is 4.46. The summed E-state index contributed by atoms with van der Waals surface area (Å²) < 4.78 is 17.0. The molecule has 3 unspecified atom stereocenters. The molecule has 0 radical (unpaired) electrons. The van der Waals surface area contributed by atoms with Crippen LogP contribution >= 0.6 is 0 Å². The van der Waals surface area contributed by atoms with Crippen LogP contribution in [-0.4, -0.2) is 50.0 Å². The molecule has 3 aromatic rings. The van der Waals surface area contributed by atoms with E-state index in [4.69, 9.17) is 19.3 Å². The molecule has 0 saturated heterocycles. The second-order valence-corrected chi connectivity index (χ2v) is 12.4. The van der Waals surface area contributed by atoms with Crippen molar-refractivity contribution in [2.75, 3.05) is 27.4 Å². The zero-order valence-corrected chi connectivity index (χ0v) is 27.2. The minimum atomic E-state index is 0.0212. The second-order valence-electron chi connectivity index (χ2n) is 12.4. The van der Waals surface area contributed by atoms with E-state index in [1.54, 1.807) is 19.2 Å². The van der Waals surface area contributed by atoms with Crippen molar-refractivity contribution in [2.45, 2.75) is 77.3 Å². The number of hydrogen-bond acceptors (Lipinski definition) is 6. The minimum absolute atomic E-state index is 0.0212. The Bertz CT molecular complexity index is 1390. The highest BCUT2D eigenvalue weighted by molar-refractivity contribution is 6.07. The SMILES string of the molecule is COc1ccc(C2=NN(CCCCCCOc3ccc(CC(C)NCc4ccccc4)cc3)C(=O)C3CCCCC23)cc1OC. The third kappa shape index (κ3) is 8.88. The molecule has 3 aromatic carbocycles. The Morgan fingerprint density at radius 2 is 1.58 bits per heavy atom. The van der Waals surface area contributed by atoms with Crippen molar-refractivity contribution in [1.29, 1.82) is 0 Å². The molecule has 0 aromatic heterocycles. The summed E-state index contributed by atoms with van der Waals surface area (Å²) >= 11 is 0. The Balaban J connectivity index is 1.04. The lowest BCUT2D eigenvalue weighted by molar-refractivity contribution is -0.139. The lowest BCUT2D eigenvalue weighted by Crippen LogP contribution is -2.46. The number of unbranched alkanes of at least 4 members (excludes halogenated alkanes) is 3. The van der Waals surface area contributed by atoms with Crippen molar-refractivity contribution in [3.8, 4) is 17.2 Å². The molecule has 7 heteroatoms. The van der Waals surface area contributed by atoms with Gasteiger partial charge in [-0.05, 0) is 86.9 Å². The van der Waals surface area contributed by atoms with Crippen molar-refractivity contribution in [3.05, 3.63) is 89.5 Å². The van der Waals surface area contributed by atoms with E-state index in [-0.39, 0.29) is 17.7 Å². The lowest BCUT2D eigenvalue weighted by atomic mass is 9.73. The molecule has 2 aliphatic rings. The van der Waals surface area contributed by atoms with Crippen molar-refractivity contribution in [3.63, 3.8) is 0 Å². The summed E-state index contributed by atoms with van der Waals surface area (Å²) in [6, 6.07) is 25.4. The van der Waals surface area contributed by atoms with E-state index in [9.17, 15) is 4.79 Å². The van der Waals surface area contributed by atoms with Gasteiger partial charge in [0.2, 0.25) is 5.91 Å². The molecule has 1 heterocycles. The van der Waals surface area contributed by atoms with Gasteiger partial charge in [-0.15, -0.1) is 0 Å². The molecule has 0 spiro atoms. The van der Waals surface area contributed by atoms with Gasteiger partial charge in [-0.3, -0.25) is 4.79 Å². The van der Waals surface area contributed by atoms with E-state index in [1.165, 1.54) is 11.1 Å². The van der Waals surface area contributed by atoms with Crippen LogP contribution in [0.3, 0.4) is 0 Å². The number of rotatable bonds is 16. The number of benzene rings is 3. The number of methoxy groups -OCH3 is 2. The predicted octanol–water partition coefficient (Wildman–Crippen LogP) is 7.42. The lowest BCUT2D eigenvalue weighted by Gasteiger charge is -2.38. The molecule has 1 amide bonds. The predicted molar refractivity (Wildman–Crippen MR) is 180 cm³/mol. The molecular weight excluding hydrogens is 562 g/mol. The Morgan fingerprint density at radius 1 is 0.844 bits per heavy atom. The maximum absolute atomic E-state index is 13.4. The summed E-state index contributed by atoms with van der Waals surface area (Å²) in [5.41, 5.74) is 4.64. The molecule has 1 aliphatic heterocycles. The van der Waals surface area contributed by atoms with E-state index in [0.717, 1.165) is 81.4 Å². The molecule has 45 heavy (non-hydrogen) atoms. The Morgan fingerprint density at radius 3 is 2.33 bits per heavy atom.